The Morgan fingerprint density at radius 1 is 1.15 bits per heavy atom. The van der Waals surface area contributed by atoms with Crippen molar-refractivity contribution in [2.24, 2.45) is 14.1 Å². The van der Waals surface area contributed by atoms with E-state index in [1.54, 1.807) is 19.3 Å². The number of nitrogens with zero attached hydrogens (tertiary/aromatic N) is 5. The Morgan fingerprint density at radius 3 is 2.78 bits per heavy atom. The molecule has 4 heterocycles. The Hall–Kier alpha value is -2.80. The fraction of sp³-hybridized carbons (Fsp3) is 0.400. The van der Waals surface area contributed by atoms with Gasteiger partial charge in [0.1, 0.15) is 5.65 Å². The van der Waals surface area contributed by atoms with Crippen molar-refractivity contribution in [3.63, 3.8) is 0 Å². The zero-order valence-electron chi connectivity index (χ0n) is 15.6. The van der Waals surface area contributed by atoms with Crippen LogP contribution in [0.5, 0.6) is 0 Å². The molecule has 0 saturated carbocycles. The van der Waals surface area contributed by atoms with Gasteiger partial charge in [0.2, 0.25) is 0 Å². The molecule has 7 nitrogen and oxygen atoms in total. The molecule has 1 aliphatic heterocycles. The van der Waals surface area contributed by atoms with Crippen LogP contribution in [0.4, 0.5) is 0 Å². The van der Waals surface area contributed by atoms with Gasteiger partial charge in [0.15, 0.2) is 0 Å². The zero-order chi connectivity index (χ0) is 19.0. The molecule has 0 unspecified atom stereocenters. The fourth-order valence-electron chi connectivity index (χ4n) is 3.89. The first kappa shape index (κ1) is 17.6. The van der Waals surface area contributed by atoms with Crippen LogP contribution in [-0.4, -0.2) is 37.1 Å². The molecule has 7 heteroatoms. The zero-order valence-corrected chi connectivity index (χ0v) is 15.6. The summed E-state index contributed by atoms with van der Waals surface area (Å²) in [6.07, 6.45) is 5.85. The summed E-state index contributed by atoms with van der Waals surface area (Å²) in [5.41, 5.74) is 1.97. The van der Waals surface area contributed by atoms with Gasteiger partial charge in [0.25, 0.3) is 5.56 Å². The summed E-state index contributed by atoms with van der Waals surface area (Å²) in [4.78, 5) is 35.9. The SMILES string of the molecule is Cn1c(=O)c2ccc([C@H]3CCCN(Cc4cccnc4)C3)nc2n(C)c1=O. The van der Waals surface area contributed by atoms with Crippen LogP contribution < -0.4 is 11.2 Å². The lowest BCUT2D eigenvalue weighted by Gasteiger charge is -2.32. The Morgan fingerprint density at radius 2 is 2.00 bits per heavy atom. The summed E-state index contributed by atoms with van der Waals surface area (Å²) in [5.74, 6) is 0.291. The molecule has 140 valence electrons. The van der Waals surface area contributed by atoms with Crippen LogP contribution >= 0.6 is 0 Å². The second-order valence-corrected chi connectivity index (χ2v) is 7.25. The maximum atomic E-state index is 12.3. The van der Waals surface area contributed by atoms with E-state index in [1.807, 2.05) is 18.3 Å². The van der Waals surface area contributed by atoms with Gasteiger partial charge in [-0.3, -0.25) is 23.8 Å². The summed E-state index contributed by atoms with van der Waals surface area (Å²) < 4.78 is 2.58. The van der Waals surface area contributed by atoms with Gasteiger partial charge < -0.3 is 0 Å². The first-order valence-corrected chi connectivity index (χ1v) is 9.22. The Bertz CT molecular complexity index is 1090. The van der Waals surface area contributed by atoms with Crippen molar-refractivity contribution in [3.8, 4) is 0 Å². The minimum Gasteiger partial charge on any atom is -0.298 e. The predicted molar refractivity (Wildman–Crippen MR) is 104 cm³/mol. The molecule has 0 aromatic carbocycles. The molecule has 27 heavy (non-hydrogen) atoms. The number of hydrogen-bond donors (Lipinski definition) is 0. The number of aryl methyl sites for hydroxylation is 1. The first-order valence-electron chi connectivity index (χ1n) is 9.22. The van der Waals surface area contributed by atoms with E-state index >= 15 is 0 Å². The number of rotatable bonds is 3. The highest BCUT2D eigenvalue weighted by Gasteiger charge is 2.23. The molecule has 4 rings (SSSR count). The molecule has 1 aliphatic rings. The topological polar surface area (TPSA) is 73.0 Å². The molecule has 0 bridgehead atoms. The summed E-state index contributed by atoms with van der Waals surface area (Å²) >= 11 is 0. The molecule has 1 saturated heterocycles. The molecule has 0 spiro atoms. The minimum atomic E-state index is -0.348. The van der Waals surface area contributed by atoms with Crippen molar-refractivity contribution in [2.75, 3.05) is 13.1 Å². The summed E-state index contributed by atoms with van der Waals surface area (Å²) in [6.45, 7) is 2.83. The van der Waals surface area contributed by atoms with Crippen molar-refractivity contribution < 1.29 is 0 Å². The van der Waals surface area contributed by atoms with E-state index in [4.69, 9.17) is 4.98 Å². The molecule has 3 aromatic rings. The quantitative estimate of drug-likeness (QED) is 0.702. The van der Waals surface area contributed by atoms with Crippen molar-refractivity contribution in [1.82, 2.24) is 24.0 Å². The summed E-state index contributed by atoms with van der Waals surface area (Å²) in [6, 6.07) is 7.80. The number of fused-ring (bicyclic) bond motifs is 1. The van der Waals surface area contributed by atoms with Gasteiger partial charge in [-0.15, -0.1) is 0 Å². The normalized spacial score (nSPS) is 18.1. The van der Waals surface area contributed by atoms with E-state index in [1.165, 1.54) is 17.2 Å². The monoisotopic (exact) mass is 365 g/mol. The average Bonchev–Trinajstić information content (AvgIpc) is 2.71. The third-order valence-electron chi connectivity index (χ3n) is 5.38. The second-order valence-electron chi connectivity index (χ2n) is 7.25. The highest BCUT2D eigenvalue weighted by atomic mass is 16.2. The largest absolute Gasteiger partial charge is 0.332 e. The van der Waals surface area contributed by atoms with Gasteiger partial charge in [-0.05, 0) is 43.1 Å². The van der Waals surface area contributed by atoms with Crippen molar-refractivity contribution >= 4 is 11.0 Å². The lowest BCUT2D eigenvalue weighted by atomic mass is 9.94. The third kappa shape index (κ3) is 3.30. The van der Waals surface area contributed by atoms with Gasteiger partial charge in [-0.25, -0.2) is 9.78 Å². The molecule has 0 aliphatic carbocycles. The molecule has 0 N–H and O–H groups in total. The summed E-state index contributed by atoms with van der Waals surface area (Å²) in [5, 5.41) is 0.478. The Labute approximate surface area is 156 Å². The van der Waals surface area contributed by atoms with Crippen LogP contribution in [0.2, 0.25) is 0 Å². The molecule has 0 radical (unpaired) electrons. The lowest BCUT2D eigenvalue weighted by molar-refractivity contribution is 0.198. The molecule has 1 atom stereocenters. The smallest absolute Gasteiger partial charge is 0.298 e. The van der Waals surface area contributed by atoms with Gasteiger partial charge in [-0.1, -0.05) is 6.07 Å². The van der Waals surface area contributed by atoms with Crippen molar-refractivity contribution in [2.45, 2.75) is 25.3 Å². The van der Waals surface area contributed by atoms with Crippen LogP contribution in [0, 0.1) is 0 Å². The number of likely N-dealkylation sites (tertiary alicyclic amines) is 1. The molecular formula is C20H23N5O2. The Kier molecular flexibility index (Phi) is 4.61. The Balaban J connectivity index is 1.64. The van der Waals surface area contributed by atoms with Crippen LogP contribution in [-0.2, 0) is 20.6 Å². The fourth-order valence-corrected chi connectivity index (χ4v) is 3.89. The predicted octanol–water partition coefficient (Wildman–Crippen LogP) is 1.41. The van der Waals surface area contributed by atoms with Crippen LogP contribution in [0.15, 0.2) is 46.2 Å². The number of pyridine rings is 2. The number of hydrogen-bond acceptors (Lipinski definition) is 5. The lowest BCUT2D eigenvalue weighted by Crippen LogP contribution is -2.38. The number of piperidine rings is 1. The average molecular weight is 365 g/mol. The standard InChI is InChI=1S/C20H23N5O2/c1-23-18-16(19(26)24(2)20(23)27)7-8-17(22-18)15-6-4-10-25(13-15)12-14-5-3-9-21-11-14/h3,5,7-9,11,15H,4,6,10,12-13H2,1-2H3/t15-/m0/s1. The number of aromatic nitrogens is 4. The molecule has 1 fully saturated rings. The van der Waals surface area contributed by atoms with Gasteiger partial charge in [0.05, 0.1) is 5.39 Å². The van der Waals surface area contributed by atoms with E-state index in [0.29, 0.717) is 17.0 Å². The maximum absolute atomic E-state index is 12.3. The second kappa shape index (κ2) is 7.08. The van der Waals surface area contributed by atoms with Gasteiger partial charge in [0, 0.05) is 51.2 Å². The third-order valence-corrected chi connectivity index (χ3v) is 5.38. The van der Waals surface area contributed by atoms with Crippen molar-refractivity contribution in [1.29, 1.82) is 0 Å². The highest BCUT2D eigenvalue weighted by molar-refractivity contribution is 5.74. The molecule has 0 amide bonds. The molecular weight excluding hydrogens is 342 g/mol. The van der Waals surface area contributed by atoms with E-state index in [-0.39, 0.29) is 11.2 Å². The van der Waals surface area contributed by atoms with Crippen LogP contribution in [0.3, 0.4) is 0 Å². The van der Waals surface area contributed by atoms with Crippen molar-refractivity contribution in [3.05, 3.63) is 68.8 Å². The summed E-state index contributed by atoms with van der Waals surface area (Å²) in [7, 11) is 3.16. The van der Waals surface area contributed by atoms with Gasteiger partial charge in [-0.2, -0.15) is 0 Å². The van der Waals surface area contributed by atoms with Crippen LogP contribution in [0.25, 0.3) is 11.0 Å². The van der Waals surface area contributed by atoms with E-state index < -0.39 is 0 Å². The first-order chi connectivity index (χ1) is 13.0. The maximum Gasteiger partial charge on any atom is 0.332 e. The van der Waals surface area contributed by atoms with E-state index in [2.05, 4.69) is 16.0 Å². The molecule has 3 aromatic heterocycles. The highest BCUT2D eigenvalue weighted by Crippen LogP contribution is 2.27. The van der Waals surface area contributed by atoms with Crippen LogP contribution in [0.1, 0.15) is 30.0 Å². The van der Waals surface area contributed by atoms with E-state index in [9.17, 15) is 9.59 Å². The minimum absolute atomic E-state index is 0.291. The van der Waals surface area contributed by atoms with Gasteiger partial charge >= 0.3 is 5.69 Å². The van der Waals surface area contributed by atoms with E-state index in [0.717, 1.165) is 42.7 Å².